The van der Waals surface area contributed by atoms with E-state index >= 15 is 0 Å². The molecule has 0 aromatic heterocycles. The van der Waals surface area contributed by atoms with Gasteiger partial charge in [-0.15, -0.1) is 0 Å². The first-order valence-electron chi connectivity index (χ1n) is 6.93. The highest BCUT2D eigenvalue weighted by Crippen LogP contribution is 2.18. The van der Waals surface area contributed by atoms with Crippen molar-refractivity contribution in [3.05, 3.63) is 34.9 Å². The van der Waals surface area contributed by atoms with Crippen LogP contribution < -0.4 is 10.6 Å². The third-order valence-corrected chi connectivity index (χ3v) is 3.84. The first kappa shape index (κ1) is 14.4. The molecule has 4 heteroatoms. The van der Waals surface area contributed by atoms with Gasteiger partial charge in [-0.2, -0.15) is 0 Å². The summed E-state index contributed by atoms with van der Waals surface area (Å²) < 4.78 is 0. The van der Waals surface area contributed by atoms with Gasteiger partial charge in [0.25, 0.3) is 0 Å². The molecule has 2 atom stereocenters. The van der Waals surface area contributed by atoms with E-state index in [-0.39, 0.29) is 11.9 Å². The van der Waals surface area contributed by atoms with E-state index in [0.717, 1.165) is 18.5 Å². The second kappa shape index (κ2) is 6.92. The smallest absolute Gasteiger partial charge is 0.220 e. The second-order valence-corrected chi connectivity index (χ2v) is 5.61. The molecule has 104 valence electrons. The van der Waals surface area contributed by atoms with Gasteiger partial charge >= 0.3 is 0 Å². The summed E-state index contributed by atoms with van der Waals surface area (Å²) in [4.78, 5) is 11.9. The van der Waals surface area contributed by atoms with Crippen molar-refractivity contribution >= 4 is 17.5 Å². The zero-order valence-corrected chi connectivity index (χ0v) is 12.0. The molecule has 2 rings (SSSR count). The van der Waals surface area contributed by atoms with Gasteiger partial charge in [0.1, 0.15) is 0 Å². The Bertz CT molecular complexity index is 430. The Hall–Kier alpha value is -1.06. The van der Waals surface area contributed by atoms with E-state index in [2.05, 4.69) is 10.6 Å². The van der Waals surface area contributed by atoms with Gasteiger partial charge in [0, 0.05) is 17.5 Å². The zero-order valence-electron chi connectivity index (χ0n) is 11.3. The van der Waals surface area contributed by atoms with Crippen LogP contribution in [-0.2, 0) is 4.79 Å². The summed E-state index contributed by atoms with van der Waals surface area (Å²) in [5, 5.41) is 7.13. The number of halogens is 1. The molecule has 0 spiro atoms. The van der Waals surface area contributed by atoms with Crippen LogP contribution in [0.2, 0.25) is 5.02 Å². The van der Waals surface area contributed by atoms with Gasteiger partial charge in [-0.3, -0.25) is 4.79 Å². The summed E-state index contributed by atoms with van der Waals surface area (Å²) in [5.74, 6) is 0.112. The Kier molecular flexibility index (Phi) is 5.23. The normalized spacial score (nSPS) is 20.2. The van der Waals surface area contributed by atoms with E-state index in [0.29, 0.717) is 17.5 Å². The first-order valence-corrected chi connectivity index (χ1v) is 7.31. The van der Waals surface area contributed by atoms with E-state index in [1.54, 1.807) is 0 Å². The minimum atomic E-state index is 0.00253. The largest absolute Gasteiger partial charge is 0.350 e. The molecule has 3 nitrogen and oxygen atoms in total. The number of rotatable bonds is 5. The molecule has 1 aliphatic heterocycles. The molecule has 1 fully saturated rings. The number of carbonyl (C=O) groups excluding carboxylic acids is 1. The van der Waals surface area contributed by atoms with Gasteiger partial charge in [-0.1, -0.05) is 23.7 Å². The fourth-order valence-electron chi connectivity index (χ4n) is 2.48. The predicted octanol–water partition coefficient (Wildman–Crippen LogP) is 3.05. The van der Waals surface area contributed by atoms with Gasteiger partial charge in [0.05, 0.1) is 6.04 Å². The number of hydrogen-bond acceptors (Lipinski definition) is 2. The summed E-state index contributed by atoms with van der Waals surface area (Å²) in [5.41, 5.74) is 1.04. The molecule has 19 heavy (non-hydrogen) atoms. The molecule has 1 heterocycles. The van der Waals surface area contributed by atoms with Crippen molar-refractivity contribution in [3.63, 3.8) is 0 Å². The Morgan fingerprint density at radius 2 is 2.42 bits per heavy atom. The zero-order chi connectivity index (χ0) is 13.7. The van der Waals surface area contributed by atoms with Crippen molar-refractivity contribution in [2.24, 2.45) is 0 Å². The molecule has 1 unspecified atom stereocenters. The predicted molar refractivity (Wildman–Crippen MR) is 78.3 cm³/mol. The molecule has 1 amide bonds. The third-order valence-electron chi connectivity index (χ3n) is 3.61. The highest BCUT2D eigenvalue weighted by atomic mass is 35.5. The van der Waals surface area contributed by atoms with E-state index in [1.807, 2.05) is 31.2 Å². The number of carbonyl (C=O) groups is 1. The van der Waals surface area contributed by atoms with Crippen molar-refractivity contribution < 1.29 is 4.79 Å². The fourth-order valence-corrected chi connectivity index (χ4v) is 2.68. The molecule has 0 radical (unpaired) electrons. The lowest BCUT2D eigenvalue weighted by Gasteiger charge is -2.16. The van der Waals surface area contributed by atoms with Crippen molar-refractivity contribution in [3.8, 4) is 0 Å². The Labute approximate surface area is 119 Å². The highest BCUT2D eigenvalue weighted by molar-refractivity contribution is 6.30. The summed E-state index contributed by atoms with van der Waals surface area (Å²) in [6.45, 7) is 3.07. The van der Waals surface area contributed by atoms with Crippen molar-refractivity contribution in [1.29, 1.82) is 0 Å². The van der Waals surface area contributed by atoms with Crippen LogP contribution in [0.5, 0.6) is 0 Å². The first-order chi connectivity index (χ1) is 9.15. The Balaban J connectivity index is 1.77. The standard InChI is InChI=1S/C15H21ClN2O/c1-11(12-4-2-5-13(16)10-12)18-15(19)8-7-14-6-3-9-17-14/h2,4-5,10-11,14,17H,3,6-9H2,1H3,(H,18,19)/t11-,14?/m1/s1. The Morgan fingerprint density at radius 3 is 3.11 bits per heavy atom. The molecule has 1 aromatic rings. The molecule has 0 aliphatic carbocycles. The van der Waals surface area contributed by atoms with Crippen LogP contribution in [0, 0.1) is 0 Å². The average molecular weight is 281 g/mol. The van der Waals surface area contributed by atoms with Crippen LogP contribution in [0.15, 0.2) is 24.3 Å². The van der Waals surface area contributed by atoms with E-state index in [1.165, 1.54) is 12.8 Å². The van der Waals surface area contributed by atoms with Crippen molar-refractivity contribution in [2.45, 2.75) is 44.7 Å². The summed E-state index contributed by atoms with van der Waals surface area (Å²) in [6.07, 6.45) is 3.93. The van der Waals surface area contributed by atoms with Gasteiger partial charge in [-0.25, -0.2) is 0 Å². The highest BCUT2D eigenvalue weighted by Gasteiger charge is 2.16. The van der Waals surface area contributed by atoms with Crippen LogP contribution in [-0.4, -0.2) is 18.5 Å². The number of hydrogen-bond donors (Lipinski definition) is 2. The molecule has 1 saturated heterocycles. The van der Waals surface area contributed by atoms with Crippen LogP contribution >= 0.6 is 11.6 Å². The number of benzene rings is 1. The summed E-state index contributed by atoms with van der Waals surface area (Å²) in [7, 11) is 0. The molecular weight excluding hydrogens is 260 g/mol. The minimum Gasteiger partial charge on any atom is -0.350 e. The van der Waals surface area contributed by atoms with Crippen molar-refractivity contribution in [1.82, 2.24) is 10.6 Å². The molecule has 2 N–H and O–H groups in total. The maximum absolute atomic E-state index is 11.9. The quantitative estimate of drug-likeness (QED) is 0.870. The Morgan fingerprint density at radius 1 is 1.58 bits per heavy atom. The topological polar surface area (TPSA) is 41.1 Å². The van der Waals surface area contributed by atoms with Crippen LogP contribution in [0.25, 0.3) is 0 Å². The minimum absolute atomic E-state index is 0.00253. The third kappa shape index (κ3) is 4.51. The molecule has 0 bridgehead atoms. The summed E-state index contributed by atoms with van der Waals surface area (Å²) >= 11 is 5.95. The number of nitrogens with one attached hydrogen (secondary N) is 2. The van der Waals surface area contributed by atoms with Crippen LogP contribution in [0.3, 0.4) is 0 Å². The lowest BCUT2D eigenvalue weighted by atomic mass is 10.1. The van der Waals surface area contributed by atoms with Crippen LogP contribution in [0.1, 0.15) is 44.2 Å². The fraction of sp³-hybridized carbons (Fsp3) is 0.533. The second-order valence-electron chi connectivity index (χ2n) is 5.18. The summed E-state index contributed by atoms with van der Waals surface area (Å²) in [6, 6.07) is 8.14. The lowest BCUT2D eigenvalue weighted by molar-refractivity contribution is -0.121. The van der Waals surface area contributed by atoms with Gasteiger partial charge in [-0.05, 0) is 50.4 Å². The molecular formula is C15H21ClN2O. The maximum atomic E-state index is 11.9. The molecule has 1 aromatic carbocycles. The van der Waals surface area contributed by atoms with Gasteiger partial charge < -0.3 is 10.6 Å². The lowest BCUT2D eigenvalue weighted by Crippen LogP contribution is -2.29. The van der Waals surface area contributed by atoms with E-state index < -0.39 is 0 Å². The average Bonchev–Trinajstić information content (AvgIpc) is 2.89. The number of amides is 1. The van der Waals surface area contributed by atoms with Gasteiger partial charge in [0.2, 0.25) is 5.91 Å². The van der Waals surface area contributed by atoms with E-state index in [4.69, 9.17) is 11.6 Å². The van der Waals surface area contributed by atoms with Gasteiger partial charge in [0.15, 0.2) is 0 Å². The molecule has 1 aliphatic rings. The molecule has 0 saturated carbocycles. The SMILES string of the molecule is C[C@@H](NC(=O)CCC1CCCN1)c1cccc(Cl)c1. The van der Waals surface area contributed by atoms with E-state index in [9.17, 15) is 4.79 Å². The monoisotopic (exact) mass is 280 g/mol. The maximum Gasteiger partial charge on any atom is 0.220 e. The van der Waals surface area contributed by atoms with Crippen LogP contribution in [0.4, 0.5) is 0 Å². The van der Waals surface area contributed by atoms with Crippen molar-refractivity contribution in [2.75, 3.05) is 6.54 Å².